The van der Waals surface area contributed by atoms with Crippen LogP contribution in [0.3, 0.4) is 0 Å². The van der Waals surface area contributed by atoms with Gasteiger partial charge in [0, 0.05) is 38.0 Å². The molecule has 0 amide bonds. The molecule has 0 bridgehead atoms. The summed E-state index contributed by atoms with van der Waals surface area (Å²) in [6, 6.07) is 13.9. The van der Waals surface area contributed by atoms with Crippen LogP contribution in [-0.2, 0) is 20.0 Å². The number of aryl methyl sites for hydroxylation is 2. The Bertz CT molecular complexity index is 1210. The molecule has 10 heteroatoms. The van der Waals surface area contributed by atoms with Crippen molar-refractivity contribution >= 4 is 20.0 Å². The molecule has 2 aliphatic heterocycles. The van der Waals surface area contributed by atoms with Crippen molar-refractivity contribution in [2.75, 3.05) is 26.2 Å². The van der Waals surface area contributed by atoms with Crippen LogP contribution in [0.5, 0.6) is 0 Å². The summed E-state index contributed by atoms with van der Waals surface area (Å²) in [5, 5.41) is 19.2. The van der Waals surface area contributed by atoms with Crippen molar-refractivity contribution < 1.29 is 27.0 Å². The first-order valence-electron chi connectivity index (χ1n) is 12.5. The molecule has 4 aliphatic rings. The lowest BCUT2D eigenvalue weighted by molar-refractivity contribution is -0.00438. The minimum absolute atomic E-state index is 0.144. The summed E-state index contributed by atoms with van der Waals surface area (Å²) in [7, 11) is -6.76. The van der Waals surface area contributed by atoms with E-state index in [4.69, 9.17) is 0 Å². The van der Waals surface area contributed by atoms with E-state index in [0.717, 1.165) is 24.0 Å². The van der Waals surface area contributed by atoms with Crippen molar-refractivity contribution in [1.82, 2.24) is 8.61 Å². The lowest BCUT2D eigenvalue weighted by Crippen LogP contribution is -2.39. The molecule has 2 saturated heterocycles. The number of sulfonamides is 2. The fraction of sp³-hybridized carbons (Fsp3) is 0.538. The summed E-state index contributed by atoms with van der Waals surface area (Å²) in [6.07, 6.45) is 0.858. The molecule has 0 radical (unpaired) electrons. The first kappa shape index (κ1) is 25.8. The number of hydrogen-bond acceptors (Lipinski definition) is 6. The van der Waals surface area contributed by atoms with E-state index in [9.17, 15) is 27.0 Å². The summed E-state index contributed by atoms with van der Waals surface area (Å²) < 4.78 is 52.7. The van der Waals surface area contributed by atoms with Crippen LogP contribution in [0.4, 0.5) is 0 Å². The van der Waals surface area contributed by atoms with Gasteiger partial charge in [0.1, 0.15) is 0 Å². The predicted molar refractivity (Wildman–Crippen MR) is 135 cm³/mol. The first-order valence-corrected chi connectivity index (χ1v) is 15.3. The Kier molecular flexibility index (Phi) is 6.80. The van der Waals surface area contributed by atoms with Crippen molar-refractivity contribution in [1.29, 1.82) is 0 Å². The molecule has 8 nitrogen and oxygen atoms in total. The molecule has 36 heavy (non-hydrogen) atoms. The standard InChI is InChI=1S/2C13H17NO3S/c2*1-9-2-4-11(5-3-9)18(16,17)14-7-10-6-13(15)12(10)8-14/h2*2-5,10,12-13,15H,6-8H2,1H3/t2*10-,12+,13-/m10/s1. The predicted octanol–water partition coefficient (Wildman–Crippen LogP) is 1.99. The molecular formula is C26H34N2O6S2. The Balaban J connectivity index is 0.000000148. The van der Waals surface area contributed by atoms with Crippen LogP contribution in [-0.4, -0.2) is 74.0 Å². The lowest BCUT2D eigenvalue weighted by atomic mass is 9.74. The van der Waals surface area contributed by atoms with Crippen molar-refractivity contribution in [2.24, 2.45) is 23.7 Å². The number of fused-ring (bicyclic) bond motifs is 2. The fourth-order valence-electron chi connectivity index (χ4n) is 5.77. The Morgan fingerprint density at radius 2 is 0.944 bits per heavy atom. The van der Waals surface area contributed by atoms with Crippen LogP contribution >= 0.6 is 0 Å². The van der Waals surface area contributed by atoms with Gasteiger partial charge in [-0.25, -0.2) is 16.8 Å². The highest BCUT2D eigenvalue weighted by atomic mass is 32.2. The summed E-state index contributed by atoms with van der Waals surface area (Å²) in [5.74, 6) is 0.982. The summed E-state index contributed by atoms with van der Waals surface area (Å²) >= 11 is 0. The van der Waals surface area contributed by atoms with Gasteiger partial charge in [-0.05, 0) is 62.8 Å². The minimum atomic E-state index is -3.38. The first-order chi connectivity index (χ1) is 17.0. The molecule has 2 aliphatic carbocycles. The summed E-state index contributed by atoms with van der Waals surface area (Å²) in [6.45, 7) is 5.89. The molecule has 2 aromatic carbocycles. The molecule has 0 aromatic heterocycles. The van der Waals surface area contributed by atoms with E-state index >= 15 is 0 Å². The molecule has 196 valence electrons. The van der Waals surface area contributed by atoms with Gasteiger partial charge >= 0.3 is 0 Å². The number of nitrogens with zero attached hydrogens (tertiary/aromatic N) is 2. The largest absolute Gasteiger partial charge is 0.393 e. The number of aliphatic hydroxyl groups is 2. The van der Waals surface area contributed by atoms with Crippen molar-refractivity contribution in [3.05, 3.63) is 59.7 Å². The lowest BCUT2D eigenvalue weighted by Gasteiger charge is -2.35. The van der Waals surface area contributed by atoms with E-state index in [2.05, 4.69) is 0 Å². The second-order valence-corrected chi connectivity index (χ2v) is 14.6. The van der Waals surface area contributed by atoms with E-state index in [1.807, 2.05) is 38.1 Å². The highest BCUT2D eigenvalue weighted by Gasteiger charge is 2.50. The Morgan fingerprint density at radius 3 is 1.22 bits per heavy atom. The highest BCUT2D eigenvalue weighted by Crippen LogP contribution is 2.43. The maximum Gasteiger partial charge on any atom is 0.243 e. The maximum atomic E-state index is 12.4. The second-order valence-electron chi connectivity index (χ2n) is 10.7. The SMILES string of the molecule is Cc1ccc(S(=O)(=O)N2C[C@@H]3C[C@H](O)[C@@H]3C2)cc1.Cc1ccc(S(=O)(=O)N2C[C@H]3C[C@@H](O)[C@H]3C2)cc1. The molecule has 6 atom stereocenters. The van der Waals surface area contributed by atoms with Gasteiger partial charge in [-0.2, -0.15) is 8.61 Å². The zero-order valence-electron chi connectivity index (χ0n) is 20.6. The van der Waals surface area contributed by atoms with Gasteiger partial charge in [-0.3, -0.25) is 0 Å². The van der Waals surface area contributed by atoms with Crippen molar-refractivity contribution in [3.8, 4) is 0 Å². The normalized spacial score (nSPS) is 32.0. The van der Waals surface area contributed by atoms with Crippen LogP contribution in [0.25, 0.3) is 0 Å². The molecule has 2 saturated carbocycles. The zero-order chi connectivity index (χ0) is 25.8. The van der Waals surface area contributed by atoms with E-state index in [1.54, 1.807) is 24.3 Å². The highest BCUT2D eigenvalue weighted by molar-refractivity contribution is 7.89. The molecule has 2 heterocycles. The van der Waals surface area contributed by atoms with E-state index in [1.165, 1.54) is 8.61 Å². The number of benzene rings is 2. The van der Waals surface area contributed by atoms with Crippen LogP contribution in [0, 0.1) is 37.5 Å². The summed E-state index contributed by atoms with van der Waals surface area (Å²) in [4.78, 5) is 0.702. The van der Waals surface area contributed by atoms with Crippen LogP contribution in [0.15, 0.2) is 58.3 Å². The monoisotopic (exact) mass is 534 g/mol. The fourth-order valence-corrected chi connectivity index (χ4v) is 8.84. The number of rotatable bonds is 4. The minimum Gasteiger partial charge on any atom is -0.393 e. The van der Waals surface area contributed by atoms with Gasteiger partial charge in [0.05, 0.1) is 22.0 Å². The molecule has 0 unspecified atom stereocenters. The molecule has 0 spiro atoms. The second kappa shape index (κ2) is 9.49. The smallest absolute Gasteiger partial charge is 0.243 e. The van der Waals surface area contributed by atoms with E-state index < -0.39 is 20.0 Å². The Hall–Kier alpha value is -1.82. The zero-order valence-corrected chi connectivity index (χ0v) is 22.2. The third kappa shape index (κ3) is 4.63. The van der Waals surface area contributed by atoms with Gasteiger partial charge in [0.2, 0.25) is 20.0 Å². The van der Waals surface area contributed by atoms with E-state index in [0.29, 0.717) is 47.8 Å². The van der Waals surface area contributed by atoms with Crippen molar-refractivity contribution in [3.63, 3.8) is 0 Å². The number of aliphatic hydroxyl groups excluding tert-OH is 2. The van der Waals surface area contributed by atoms with Gasteiger partial charge < -0.3 is 10.2 Å². The van der Waals surface area contributed by atoms with Crippen molar-refractivity contribution in [2.45, 2.75) is 48.7 Å². The topological polar surface area (TPSA) is 115 Å². The molecule has 4 fully saturated rings. The molecule has 2 N–H and O–H groups in total. The number of hydrogen-bond donors (Lipinski definition) is 2. The van der Waals surface area contributed by atoms with Crippen LogP contribution < -0.4 is 0 Å². The molecular weight excluding hydrogens is 500 g/mol. The third-order valence-electron chi connectivity index (χ3n) is 8.31. The van der Waals surface area contributed by atoms with Gasteiger partial charge in [0.25, 0.3) is 0 Å². The molecule has 6 rings (SSSR count). The van der Waals surface area contributed by atoms with Gasteiger partial charge in [0.15, 0.2) is 0 Å². The van der Waals surface area contributed by atoms with E-state index in [-0.39, 0.29) is 24.0 Å². The average Bonchev–Trinajstić information content (AvgIpc) is 3.38. The Morgan fingerprint density at radius 1 is 0.611 bits per heavy atom. The van der Waals surface area contributed by atoms with Gasteiger partial charge in [-0.15, -0.1) is 0 Å². The Labute approximate surface area is 213 Å². The molecule has 2 aromatic rings. The van der Waals surface area contributed by atoms with Crippen LogP contribution in [0.2, 0.25) is 0 Å². The van der Waals surface area contributed by atoms with Gasteiger partial charge in [-0.1, -0.05) is 35.4 Å². The third-order valence-corrected chi connectivity index (χ3v) is 12.0. The van der Waals surface area contributed by atoms with Crippen LogP contribution in [0.1, 0.15) is 24.0 Å². The quantitative estimate of drug-likeness (QED) is 0.620. The summed E-state index contributed by atoms with van der Waals surface area (Å²) in [5.41, 5.74) is 2.09. The average molecular weight is 535 g/mol. The maximum absolute atomic E-state index is 12.4.